The van der Waals surface area contributed by atoms with Gasteiger partial charge in [-0.15, -0.1) is 6.54 Å². The van der Waals surface area contributed by atoms with Crippen molar-refractivity contribution in [3.63, 3.8) is 0 Å². The quantitative estimate of drug-likeness (QED) is 0.702. The van der Waals surface area contributed by atoms with Gasteiger partial charge in [0, 0.05) is 0 Å². The first-order valence-electron chi connectivity index (χ1n) is 1.41. The van der Waals surface area contributed by atoms with Crippen LogP contribution in [0.1, 0.15) is 0 Å². The van der Waals surface area contributed by atoms with E-state index in [9.17, 15) is 4.79 Å². The van der Waals surface area contributed by atoms with Crippen LogP contribution >= 0.6 is 0 Å². The molecule has 0 aliphatic rings. The van der Waals surface area contributed by atoms with Gasteiger partial charge >= 0.3 is 21.1 Å². The van der Waals surface area contributed by atoms with Crippen LogP contribution in [0.25, 0.3) is 0 Å². The van der Waals surface area contributed by atoms with Crippen molar-refractivity contribution in [2.45, 2.75) is 0 Å². The minimum atomic E-state index is 0. The van der Waals surface area contributed by atoms with E-state index in [2.05, 4.69) is 5.32 Å². The van der Waals surface area contributed by atoms with Crippen LogP contribution in [0.2, 0.25) is 0 Å². The Kier molecular flexibility index (Phi) is 36.3. The van der Waals surface area contributed by atoms with E-state index in [0.29, 0.717) is 6.54 Å². The fraction of sp³-hybridized carbons (Fsp3) is 0.500. The molecule has 0 aromatic carbocycles. The molecule has 0 heterocycles. The van der Waals surface area contributed by atoms with Gasteiger partial charge in [0.25, 0.3) is 0 Å². The molecule has 0 saturated heterocycles. The van der Waals surface area contributed by atoms with Crippen molar-refractivity contribution < 1.29 is 25.9 Å². The van der Waals surface area contributed by atoms with E-state index in [1.165, 1.54) is 0 Å². The van der Waals surface area contributed by atoms with Gasteiger partial charge in [-0.05, 0) is 7.05 Å². The second kappa shape index (κ2) is 16.2. The summed E-state index contributed by atoms with van der Waals surface area (Å²) in [5, 5.41) is 2.59. The molecule has 0 fully saturated rings. The van der Waals surface area contributed by atoms with Crippen molar-refractivity contribution in [1.82, 2.24) is 5.32 Å². The first-order chi connectivity index (χ1) is 2.41. The maximum Gasteiger partial charge on any atom is 2.00 e. The minimum absolute atomic E-state index is 0. The van der Waals surface area contributed by atoms with Gasteiger partial charge in [-0.2, -0.15) is 0 Å². The fourth-order valence-corrected chi connectivity index (χ4v) is 0.0722. The van der Waals surface area contributed by atoms with Gasteiger partial charge < -0.3 is 17.5 Å². The topological polar surface area (TPSA) is 29.1 Å². The number of carbonyl (C=O) groups excluding carboxylic acids is 1. The van der Waals surface area contributed by atoms with Crippen molar-refractivity contribution in [3.05, 3.63) is 7.43 Å². The summed E-state index contributed by atoms with van der Waals surface area (Å²) < 4.78 is 0. The molecule has 0 saturated carbocycles. The Morgan fingerprint density at radius 2 is 2.14 bits per heavy atom. The van der Waals surface area contributed by atoms with Gasteiger partial charge in [0.05, 0.1) is 0 Å². The van der Waals surface area contributed by atoms with E-state index in [-0.39, 0.29) is 28.5 Å². The predicted molar refractivity (Wildman–Crippen MR) is 26.0 cm³/mol. The largest absolute Gasteiger partial charge is 2.00 e. The first kappa shape index (κ1) is 15.7. The molecule has 7 heavy (non-hydrogen) atoms. The average Bonchev–Trinajstić information content (AvgIpc) is 1.41. The molecule has 0 atom stereocenters. The maximum atomic E-state index is 9.22. The first-order valence-corrected chi connectivity index (χ1v) is 1.41. The van der Waals surface area contributed by atoms with Gasteiger partial charge in [0.2, 0.25) is 0 Å². The minimum Gasteiger partial charge on any atom is -0.541 e. The molecule has 0 aliphatic carbocycles. The van der Waals surface area contributed by atoms with Crippen LogP contribution in [-0.4, -0.2) is 19.9 Å². The third-order valence-corrected chi connectivity index (χ3v) is 0.249. The van der Waals surface area contributed by atoms with Gasteiger partial charge in [-0.25, -0.2) is 0 Å². The third kappa shape index (κ3) is 21.9. The second-order valence-corrected chi connectivity index (χ2v) is 0.675. The summed E-state index contributed by atoms with van der Waals surface area (Å²) in [6.45, 7) is 0.333. The molecule has 3 heteroatoms. The molecule has 0 aromatic rings. The Labute approximate surface area is 58.9 Å². The Balaban J connectivity index is -0.0000000800. The second-order valence-electron chi connectivity index (χ2n) is 0.675. The van der Waals surface area contributed by atoms with Crippen molar-refractivity contribution in [2.24, 2.45) is 0 Å². The Morgan fingerprint density at radius 1 is 1.71 bits per heavy atom. The summed E-state index contributed by atoms with van der Waals surface area (Å²) in [6.07, 6.45) is 1.66. The molecule has 2 nitrogen and oxygen atoms in total. The Bertz CT molecular complexity index is 32.9. The van der Waals surface area contributed by atoms with Gasteiger partial charge in [-0.3, -0.25) is 6.29 Å². The molecular weight excluding hydrogens is 262 g/mol. The molecular formula is C4H9NOW. The van der Waals surface area contributed by atoms with Crippen LogP contribution in [0.5, 0.6) is 0 Å². The number of hydrogen-bond acceptors (Lipinski definition) is 2. The summed E-state index contributed by atoms with van der Waals surface area (Å²) in [5.74, 6) is 0. The Morgan fingerprint density at radius 3 is 2.14 bits per heavy atom. The van der Waals surface area contributed by atoms with Crippen LogP contribution in [0.4, 0.5) is 0 Å². The Hall–Kier alpha value is 0.318. The van der Waals surface area contributed by atoms with E-state index >= 15 is 0 Å². The molecule has 0 bridgehead atoms. The summed E-state index contributed by atoms with van der Waals surface area (Å²) in [5.41, 5.74) is 0. The number of rotatable bonds is 2. The van der Waals surface area contributed by atoms with E-state index in [1.807, 2.05) is 0 Å². The summed E-state index contributed by atoms with van der Waals surface area (Å²) >= 11 is 0. The van der Waals surface area contributed by atoms with Crippen LogP contribution < -0.4 is 5.32 Å². The van der Waals surface area contributed by atoms with Crippen LogP contribution in [0.15, 0.2) is 0 Å². The molecule has 42 valence electrons. The fourth-order valence-electron chi connectivity index (χ4n) is 0.0722. The molecule has 0 rings (SSSR count). The van der Waals surface area contributed by atoms with Crippen molar-refractivity contribution in [2.75, 3.05) is 13.6 Å². The molecule has 0 spiro atoms. The maximum absolute atomic E-state index is 9.22. The SMILES string of the molecule is CNC[C-]=O.[CH3-].[W+2]. The van der Waals surface area contributed by atoms with E-state index in [1.54, 1.807) is 13.3 Å². The molecule has 0 amide bonds. The van der Waals surface area contributed by atoms with E-state index in [4.69, 9.17) is 0 Å². The van der Waals surface area contributed by atoms with Crippen molar-refractivity contribution >= 4 is 6.29 Å². The molecule has 0 aromatic heterocycles. The van der Waals surface area contributed by atoms with Crippen LogP contribution in [0, 0.1) is 7.43 Å². The predicted octanol–water partition coefficient (Wildman–Crippen LogP) is -0.237. The molecule has 0 unspecified atom stereocenters. The summed E-state index contributed by atoms with van der Waals surface area (Å²) in [7, 11) is 1.70. The molecule has 0 aliphatic heterocycles. The zero-order chi connectivity index (χ0) is 4.12. The number of likely N-dealkylation sites (N-methyl/N-ethyl adjacent to an activating group) is 1. The number of nitrogens with one attached hydrogen (secondary N) is 1. The standard InChI is InChI=1S/C3H6NO.CH3.W/c1-4-2-3-5;;/h4H,2H2,1H3;1H3;/q2*-1;+2. The molecule has 1 N–H and O–H groups in total. The van der Waals surface area contributed by atoms with Crippen LogP contribution in [0.3, 0.4) is 0 Å². The monoisotopic (exact) mass is 271 g/mol. The number of hydrogen-bond donors (Lipinski definition) is 1. The van der Waals surface area contributed by atoms with Crippen molar-refractivity contribution in [3.8, 4) is 0 Å². The molecule has 0 radical (unpaired) electrons. The normalized spacial score (nSPS) is 5.29. The zero-order valence-electron chi connectivity index (χ0n) is 4.52. The van der Waals surface area contributed by atoms with Gasteiger partial charge in [-0.1, -0.05) is 0 Å². The zero-order valence-corrected chi connectivity index (χ0v) is 7.46. The van der Waals surface area contributed by atoms with Gasteiger partial charge in [0.1, 0.15) is 0 Å². The average molecular weight is 271 g/mol. The summed E-state index contributed by atoms with van der Waals surface area (Å²) in [6, 6.07) is 0. The van der Waals surface area contributed by atoms with E-state index < -0.39 is 0 Å². The van der Waals surface area contributed by atoms with Crippen LogP contribution in [-0.2, 0) is 25.9 Å². The van der Waals surface area contributed by atoms with Gasteiger partial charge in [0.15, 0.2) is 0 Å². The van der Waals surface area contributed by atoms with E-state index in [0.717, 1.165) is 0 Å². The van der Waals surface area contributed by atoms with Crippen molar-refractivity contribution in [1.29, 1.82) is 0 Å². The third-order valence-electron chi connectivity index (χ3n) is 0.249. The summed E-state index contributed by atoms with van der Waals surface area (Å²) in [4.78, 5) is 9.22. The smallest absolute Gasteiger partial charge is 0.541 e.